The van der Waals surface area contributed by atoms with E-state index < -0.39 is 12.0 Å². The lowest BCUT2D eigenvalue weighted by molar-refractivity contribution is -0.139. The molecule has 0 aliphatic carbocycles. The maximum absolute atomic E-state index is 10.7. The van der Waals surface area contributed by atoms with E-state index in [-0.39, 0.29) is 0 Å². The van der Waals surface area contributed by atoms with Crippen molar-refractivity contribution < 1.29 is 9.90 Å². The molecule has 0 saturated heterocycles. The topological polar surface area (TPSA) is 49.3 Å². The second-order valence-corrected chi connectivity index (χ2v) is 4.53. The number of aliphatic carboxylic acids is 1. The van der Waals surface area contributed by atoms with Crippen molar-refractivity contribution in [2.24, 2.45) is 0 Å². The van der Waals surface area contributed by atoms with Crippen LogP contribution in [0, 0.1) is 0 Å². The maximum Gasteiger partial charge on any atom is 0.325 e. The zero-order chi connectivity index (χ0) is 9.14. The van der Waals surface area contributed by atoms with Gasteiger partial charge in [0.15, 0.2) is 0 Å². The Balaban J connectivity index is 2.87. The fourth-order valence-electron chi connectivity index (χ4n) is 0.908. The summed E-state index contributed by atoms with van der Waals surface area (Å²) in [4.78, 5) is 10.7. The second kappa shape index (κ2) is 4.02. The second-order valence-electron chi connectivity index (χ2n) is 2.24. The number of carboxylic acids is 1. The number of carbonyl (C=O) groups is 1. The smallest absolute Gasteiger partial charge is 0.325 e. The SMILES string of the molecule is CNC(C(=O)O)c1csc(Br)c1. The van der Waals surface area contributed by atoms with E-state index in [9.17, 15) is 4.79 Å². The number of hydrogen-bond acceptors (Lipinski definition) is 3. The van der Waals surface area contributed by atoms with Gasteiger partial charge in [0.1, 0.15) is 6.04 Å². The third-order valence-electron chi connectivity index (χ3n) is 1.46. The number of carboxylic acid groups (broad SMARTS) is 1. The highest BCUT2D eigenvalue weighted by Gasteiger charge is 2.17. The summed E-state index contributed by atoms with van der Waals surface area (Å²) >= 11 is 4.76. The van der Waals surface area contributed by atoms with Crippen LogP contribution in [0.25, 0.3) is 0 Å². The van der Waals surface area contributed by atoms with E-state index in [0.717, 1.165) is 9.35 Å². The van der Waals surface area contributed by atoms with Gasteiger partial charge in [-0.25, -0.2) is 0 Å². The van der Waals surface area contributed by atoms with Crippen LogP contribution in [0.4, 0.5) is 0 Å². The van der Waals surface area contributed by atoms with Crippen LogP contribution < -0.4 is 5.32 Å². The number of hydrogen-bond donors (Lipinski definition) is 2. The highest BCUT2D eigenvalue weighted by Crippen LogP contribution is 2.25. The average Bonchev–Trinajstić information content (AvgIpc) is 2.37. The van der Waals surface area contributed by atoms with Gasteiger partial charge in [0.2, 0.25) is 0 Å². The van der Waals surface area contributed by atoms with E-state index in [4.69, 9.17) is 5.11 Å². The molecule has 1 unspecified atom stereocenters. The van der Waals surface area contributed by atoms with Crippen molar-refractivity contribution in [1.29, 1.82) is 0 Å². The first-order valence-corrected chi connectivity index (χ1v) is 4.96. The van der Waals surface area contributed by atoms with E-state index >= 15 is 0 Å². The van der Waals surface area contributed by atoms with Gasteiger partial charge >= 0.3 is 5.97 Å². The Bertz CT molecular complexity index is 287. The fourth-order valence-corrected chi connectivity index (χ4v) is 2.11. The minimum atomic E-state index is -0.859. The van der Waals surface area contributed by atoms with Gasteiger partial charge in [-0.3, -0.25) is 4.79 Å². The molecule has 0 fully saturated rings. The van der Waals surface area contributed by atoms with E-state index in [2.05, 4.69) is 21.2 Å². The summed E-state index contributed by atoms with van der Waals surface area (Å²) in [5, 5.41) is 13.3. The maximum atomic E-state index is 10.7. The summed E-state index contributed by atoms with van der Waals surface area (Å²) < 4.78 is 0.944. The van der Waals surface area contributed by atoms with Crippen molar-refractivity contribution in [3.05, 3.63) is 20.8 Å². The number of halogens is 1. The van der Waals surface area contributed by atoms with Crippen LogP contribution in [0.1, 0.15) is 11.6 Å². The van der Waals surface area contributed by atoms with Crippen molar-refractivity contribution in [3.8, 4) is 0 Å². The molecule has 0 amide bonds. The molecule has 0 spiro atoms. The molecule has 1 rings (SSSR count). The molecule has 1 atom stereocenters. The van der Waals surface area contributed by atoms with Crippen LogP contribution in [-0.2, 0) is 4.79 Å². The molecule has 0 saturated carbocycles. The van der Waals surface area contributed by atoms with Crippen molar-refractivity contribution >= 4 is 33.2 Å². The van der Waals surface area contributed by atoms with Gasteiger partial charge in [-0.1, -0.05) is 0 Å². The van der Waals surface area contributed by atoms with Gasteiger partial charge in [0.25, 0.3) is 0 Å². The number of nitrogens with one attached hydrogen (secondary N) is 1. The van der Waals surface area contributed by atoms with Gasteiger partial charge in [-0.2, -0.15) is 0 Å². The third kappa shape index (κ3) is 2.06. The molecule has 3 nitrogen and oxygen atoms in total. The third-order valence-corrected chi connectivity index (χ3v) is 2.98. The van der Waals surface area contributed by atoms with Gasteiger partial charge in [0.05, 0.1) is 3.79 Å². The summed E-state index contributed by atoms with van der Waals surface area (Å²) in [6.07, 6.45) is 0. The normalized spacial score (nSPS) is 12.8. The average molecular weight is 250 g/mol. The molecular weight excluding hydrogens is 242 g/mol. The van der Waals surface area contributed by atoms with Gasteiger partial charge < -0.3 is 10.4 Å². The van der Waals surface area contributed by atoms with Crippen molar-refractivity contribution in [2.45, 2.75) is 6.04 Å². The van der Waals surface area contributed by atoms with E-state index in [1.807, 2.05) is 5.38 Å². The summed E-state index contributed by atoms with van der Waals surface area (Å²) in [6.45, 7) is 0. The Morgan fingerprint density at radius 3 is 2.83 bits per heavy atom. The van der Waals surface area contributed by atoms with Gasteiger partial charge in [-0.05, 0) is 40.0 Å². The first-order valence-electron chi connectivity index (χ1n) is 3.29. The van der Waals surface area contributed by atoms with Crippen LogP contribution in [0.3, 0.4) is 0 Å². The molecule has 2 N–H and O–H groups in total. The molecule has 1 heterocycles. The lowest BCUT2D eigenvalue weighted by atomic mass is 10.1. The van der Waals surface area contributed by atoms with Crippen molar-refractivity contribution in [1.82, 2.24) is 5.32 Å². The molecule has 0 bridgehead atoms. The van der Waals surface area contributed by atoms with Gasteiger partial charge in [0, 0.05) is 0 Å². The minimum Gasteiger partial charge on any atom is -0.480 e. The lowest BCUT2D eigenvalue weighted by Crippen LogP contribution is -2.24. The molecule has 5 heteroatoms. The molecule has 0 aromatic carbocycles. The molecule has 66 valence electrons. The summed E-state index contributed by atoms with van der Waals surface area (Å²) in [6, 6.07) is 1.20. The van der Waals surface area contributed by atoms with Gasteiger partial charge in [-0.15, -0.1) is 11.3 Å². The zero-order valence-electron chi connectivity index (χ0n) is 6.37. The van der Waals surface area contributed by atoms with E-state index in [1.54, 1.807) is 13.1 Å². The molecule has 0 aliphatic heterocycles. The molecule has 1 aromatic rings. The lowest BCUT2D eigenvalue weighted by Gasteiger charge is -2.07. The van der Waals surface area contributed by atoms with Crippen LogP contribution in [0.15, 0.2) is 15.2 Å². The van der Waals surface area contributed by atoms with E-state index in [1.165, 1.54) is 11.3 Å². The first kappa shape index (κ1) is 9.70. The molecule has 0 radical (unpaired) electrons. The number of likely N-dealkylation sites (N-methyl/N-ethyl adjacent to an activating group) is 1. The highest BCUT2D eigenvalue weighted by molar-refractivity contribution is 9.11. The van der Waals surface area contributed by atoms with Crippen molar-refractivity contribution in [3.63, 3.8) is 0 Å². The minimum absolute atomic E-state index is 0.604. The Morgan fingerprint density at radius 2 is 2.50 bits per heavy atom. The first-order chi connectivity index (χ1) is 5.65. The quantitative estimate of drug-likeness (QED) is 0.860. The monoisotopic (exact) mass is 249 g/mol. The number of rotatable bonds is 3. The highest BCUT2D eigenvalue weighted by atomic mass is 79.9. The summed E-state index contributed by atoms with van der Waals surface area (Å²) in [7, 11) is 1.63. The standard InChI is InChI=1S/C7H8BrNO2S/c1-9-6(7(10)11)4-2-5(8)12-3-4/h2-3,6,9H,1H3,(H,10,11). The van der Waals surface area contributed by atoms with E-state index in [0.29, 0.717) is 0 Å². The summed E-state index contributed by atoms with van der Waals surface area (Å²) in [5.74, 6) is -0.859. The Hall–Kier alpha value is -0.390. The van der Waals surface area contributed by atoms with Crippen LogP contribution >= 0.6 is 27.3 Å². The van der Waals surface area contributed by atoms with Crippen LogP contribution in [0.2, 0.25) is 0 Å². The Kier molecular flexibility index (Phi) is 3.25. The van der Waals surface area contributed by atoms with Crippen LogP contribution in [-0.4, -0.2) is 18.1 Å². The largest absolute Gasteiger partial charge is 0.480 e. The van der Waals surface area contributed by atoms with Crippen molar-refractivity contribution in [2.75, 3.05) is 7.05 Å². The zero-order valence-corrected chi connectivity index (χ0v) is 8.78. The molecule has 1 aromatic heterocycles. The molecule has 12 heavy (non-hydrogen) atoms. The Morgan fingerprint density at radius 1 is 1.83 bits per heavy atom. The Labute approximate surface area is 82.5 Å². The van der Waals surface area contributed by atoms with Crippen LogP contribution in [0.5, 0.6) is 0 Å². The molecule has 0 aliphatic rings. The summed E-state index contributed by atoms with van der Waals surface area (Å²) in [5.41, 5.74) is 0.780. The fraction of sp³-hybridized carbons (Fsp3) is 0.286. The predicted octanol–water partition coefficient (Wildman–Crippen LogP) is 1.86. The number of thiophene rings is 1. The molecular formula is C7H8BrNO2S. The predicted molar refractivity (Wildman–Crippen MR) is 51.5 cm³/mol.